The topological polar surface area (TPSA) is 90.9 Å². The first-order valence-corrected chi connectivity index (χ1v) is 8.26. The number of nitrogens with one attached hydrogen (secondary N) is 1. The van der Waals surface area contributed by atoms with Crippen molar-refractivity contribution in [2.45, 2.75) is 13.1 Å². The number of rotatable bonds is 4. The molecule has 0 aliphatic carbocycles. The normalized spacial score (nSPS) is 11.1. The molecule has 126 valence electrons. The maximum Gasteiger partial charge on any atom is 0.332 e. The molecule has 10 heteroatoms. The highest BCUT2D eigenvalue weighted by Gasteiger charge is 2.19. The van der Waals surface area contributed by atoms with Crippen molar-refractivity contribution in [3.63, 3.8) is 0 Å². The van der Waals surface area contributed by atoms with Gasteiger partial charge in [0.25, 0.3) is 5.56 Å². The van der Waals surface area contributed by atoms with Crippen molar-refractivity contribution in [2.24, 2.45) is 14.1 Å². The molecule has 0 fully saturated rings. The van der Waals surface area contributed by atoms with Gasteiger partial charge in [0, 0.05) is 19.0 Å². The maximum atomic E-state index is 12.4. The number of amides is 1. The summed E-state index contributed by atoms with van der Waals surface area (Å²) in [6, 6.07) is 3.81. The number of imidazole rings is 1. The Hall–Kier alpha value is -2.39. The number of carbonyl (C=O) groups is 1. The Morgan fingerprint density at radius 1 is 1.33 bits per heavy atom. The van der Waals surface area contributed by atoms with Crippen LogP contribution in [-0.4, -0.2) is 24.6 Å². The van der Waals surface area contributed by atoms with Crippen LogP contribution in [0.5, 0.6) is 0 Å². The first-order valence-electron chi connectivity index (χ1n) is 7.01. The standard InChI is InChI=1S/C14H14ClN5O3S/c1-18-11-10(12(22)19(2)14(18)23)20(13(15)17-11)7-9(21)16-6-8-4-3-5-24-8/h3-5H,6-7H2,1-2H3,(H,16,21). The molecule has 0 saturated heterocycles. The van der Waals surface area contributed by atoms with E-state index in [1.54, 1.807) is 0 Å². The van der Waals surface area contributed by atoms with Crippen LogP contribution >= 0.6 is 22.9 Å². The SMILES string of the molecule is Cn1c(=O)c2c(nc(Cl)n2CC(=O)NCc2cccs2)n(C)c1=O. The summed E-state index contributed by atoms with van der Waals surface area (Å²) >= 11 is 7.61. The second-order valence-corrected chi connectivity index (χ2v) is 6.57. The fourth-order valence-electron chi connectivity index (χ4n) is 2.36. The number of nitrogens with zero attached hydrogens (tertiary/aromatic N) is 4. The van der Waals surface area contributed by atoms with Crippen LogP contribution < -0.4 is 16.6 Å². The average Bonchev–Trinajstić information content (AvgIpc) is 3.18. The number of carbonyl (C=O) groups excluding carboxylic acids is 1. The summed E-state index contributed by atoms with van der Waals surface area (Å²) in [5.41, 5.74) is -0.774. The van der Waals surface area contributed by atoms with Gasteiger partial charge in [0.1, 0.15) is 6.54 Å². The van der Waals surface area contributed by atoms with E-state index in [1.807, 2.05) is 17.5 Å². The van der Waals surface area contributed by atoms with Crippen molar-refractivity contribution in [3.05, 3.63) is 48.5 Å². The third-order valence-electron chi connectivity index (χ3n) is 3.64. The highest BCUT2D eigenvalue weighted by Crippen LogP contribution is 2.15. The molecule has 0 radical (unpaired) electrons. The number of fused-ring (bicyclic) bond motifs is 1. The van der Waals surface area contributed by atoms with Crippen molar-refractivity contribution in [1.82, 2.24) is 24.0 Å². The van der Waals surface area contributed by atoms with E-state index in [-0.39, 0.29) is 28.9 Å². The summed E-state index contributed by atoms with van der Waals surface area (Å²) in [6.07, 6.45) is 0. The minimum Gasteiger partial charge on any atom is -0.350 e. The van der Waals surface area contributed by atoms with Gasteiger partial charge in [0.05, 0.1) is 6.54 Å². The molecule has 3 aromatic heterocycles. The first kappa shape index (κ1) is 16.5. The molecule has 3 aromatic rings. The second kappa shape index (κ2) is 6.25. The highest BCUT2D eigenvalue weighted by molar-refractivity contribution is 7.09. The summed E-state index contributed by atoms with van der Waals surface area (Å²) in [4.78, 5) is 41.5. The molecule has 0 aromatic carbocycles. The van der Waals surface area contributed by atoms with E-state index in [1.165, 1.54) is 34.6 Å². The van der Waals surface area contributed by atoms with Gasteiger partial charge < -0.3 is 5.32 Å². The molecule has 3 rings (SSSR count). The number of halogens is 1. The van der Waals surface area contributed by atoms with Crippen LogP contribution in [-0.2, 0) is 32.0 Å². The largest absolute Gasteiger partial charge is 0.350 e. The fraction of sp³-hybridized carbons (Fsp3) is 0.286. The number of aromatic nitrogens is 4. The second-order valence-electron chi connectivity index (χ2n) is 5.20. The molecule has 1 amide bonds. The van der Waals surface area contributed by atoms with E-state index >= 15 is 0 Å². The minimum absolute atomic E-state index is 0.0189. The molecular weight excluding hydrogens is 354 g/mol. The van der Waals surface area contributed by atoms with Crippen molar-refractivity contribution < 1.29 is 4.79 Å². The van der Waals surface area contributed by atoms with Gasteiger partial charge >= 0.3 is 5.69 Å². The minimum atomic E-state index is -0.543. The van der Waals surface area contributed by atoms with Crippen LogP contribution in [0.1, 0.15) is 4.88 Å². The molecule has 0 atom stereocenters. The zero-order chi connectivity index (χ0) is 17.4. The van der Waals surface area contributed by atoms with E-state index in [9.17, 15) is 14.4 Å². The van der Waals surface area contributed by atoms with Gasteiger partial charge in [-0.1, -0.05) is 6.07 Å². The molecule has 0 aliphatic heterocycles. The van der Waals surface area contributed by atoms with Crippen LogP contribution in [0.2, 0.25) is 5.28 Å². The Bertz CT molecular complexity index is 1030. The summed E-state index contributed by atoms with van der Waals surface area (Å²) in [5.74, 6) is -0.305. The lowest BCUT2D eigenvalue weighted by atomic mass is 10.4. The quantitative estimate of drug-likeness (QED) is 0.678. The Kier molecular flexibility index (Phi) is 4.29. The number of hydrogen-bond acceptors (Lipinski definition) is 5. The Morgan fingerprint density at radius 2 is 2.08 bits per heavy atom. The molecule has 8 nitrogen and oxygen atoms in total. The molecule has 0 spiro atoms. The summed E-state index contributed by atoms with van der Waals surface area (Å²) in [5, 5.41) is 4.67. The number of aryl methyl sites for hydroxylation is 1. The van der Waals surface area contributed by atoms with Crippen LogP contribution in [0.25, 0.3) is 11.2 Å². The summed E-state index contributed by atoms with van der Waals surface area (Å²) in [6.45, 7) is 0.241. The van der Waals surface area contributed by atoms with Gasteiger partial charge in [0.2, 0.25) is 11.2 Å². The third-order valence-corrected chi connectivity index (χ3v) is 4.81. The predicted octanol–water partition coefficient (Wildman–Crippen LogP) is 0.465. The van der Waals surface area contributed by atoms with Crippen molar-refractivity contribution >= 4 is 40.0 Å². The average molecular weight is 368 g/mol. The van der Waals surface area contributed by atoms with E-state index in [4.69, 9.17) is 11.6 Å². The lowest BCUT2D eigenvalue weighted by Crippen LogP contribution is -2.38. The molecular formula is C14H14ClN5O3S. The van der Waals surface area contributed by atoms with Crippen LogP contribution in [0.3, 0.4) is 0 Å². The van der Waals surface area contributed by atoms with Gasteiger partial charge in [-0.3, -0.25) is 23.3 Å². The van der Waals surface area contributed by atoms with E-state index in [0.717, 1.165) is 9.44 Å². The molecule has 24 heavy (non-hydrogen) atoms. The highest BCUT2D eigenvalue weighted by atomic mass is 35.5. The zero-order valence-corrected chi connectivity index (χ0v) is 14.5. The van der Waals surface area contributed by atoms with Crippen molar-refractivity contribution in [3.8, 4) is 0 Å². The smallest absolute Gasteiger partial charge is 0.332 e. The van der Waals surface area contributed by atoms with Gasteiger partial charge in [0.15, 0.2) is 11.2 Å². The van der Waals surface area contributed by atoms with Crippen LogP contribution in [0, 0.1) is 0 Å². The zero-order valence-electron chi connectivity index (χ0n) is 12.9. The fourth-order valence-corrected chi connectivity index (χ4v) is 3.23. The Balaban J connectivity index is 1.95. The van der Waals surface area contributed by atoms with Crippen molar-refractivity contribution in [2.75, 3.05) is 0 Å². The predicted molar refractivity (Wildman–Crippen MR) is 91.4 cm³/mol. The van der Waals surface area contributed by atoms with Crippen LogP contribution in [0.4, 0.5) is 0 Å². The first-order chi connectivity index (χ1) is 11.4. The van der Waals surface area contributed by atoms with Gasteiger partial charge in [-0.2, -0.15) is 4.98 Å². The van der Waals surface area contributed by atoms with E-state index in [2.05, 4.69) is 10.3 Å². The Labute approximate surface area is 144 Å². The maximum absolute atomic E-state index is 12.4. The summed E-state index contributed by atoms with van der Waals surface area (Å²) < 4.78 is 3.49. The van der Waals surface area contributed by atoms with Gasteiger partial charge in [-0.25, -0.2) is 4.79 Å². The molecule has 3 heterocycles. The van der Waals surface area contributed by atoms with Gasteiger partial charge in [-0.15, -0.1) is 11.3 Å². The molecule has 0 bridgehead atoms. The molecule has 0 saturated carbocycles. The van der Waals surface area contributed by atoms with Gasteiger partial charge in [-0.05, 0) is 23.0 Å². The van der Waals surface area contributed by atoms with E-state index in [0.29, 0.717) is 6.54 Å². The summed E-state index contributed by atoms with van der Waals surface area (Å²) in [7, 11) is 2.86. The molecule has 0 unspecified atom stereocenters. The lowest BCUT2D eigenvalue weighted by molar-refractivity contribution is -0.121. The monoisotopic (exact) mass is 367 g/mol. The number of thiophene rings is 1. The number of hydrogen-bond donors (Lipinski definition) is 1. The third kappa shape index (κ3) is 2.76. The molecule has 1 N–H and O–H groups in total. The lowest BCUT2D eigenvalue weighted by Gasteiger charge is -2.08. The van der Waals surface area contributed by atoms with Crippen LogP contribution in [0.15, 0.2) is 27.1 Å². The Morgan fingerprint density at radius 3 is 2.75 bits per heavy atom. The van der Waals surface area contributed by atoms with Crippen molar-refractivity contribution in [1.29, 1.82) is 0 Å². The molecule has 0 aliphatic rings. The van der Waals surface area contributed by atoms with E-state index < -0.39 is 11.2 Å².